The van der Waals surface area contributed by atoms with Gasteiger partial charge in [-0.05, 0) is 61.6 Å². The molecule has 2 amide bonds. The fourth-order valence-corrected chi connectivity index (χ4v) is 3.46. The maximum absolute atomic E-state index is 12.7. The van der Waals surface area contributed by atoms with Crippen molar-refractivity contribution < 1.29 is 4.79 Å². The summed E-state index contributed by atoms with van der Waals surface area (Å²) < 4.78 is 1.05. The van der Waals surface area contributed by atoms with E-state index in [0.717, 1.165) is 35.1 Å². The van der Waals surface area contributed by atoms with Crippen molar-refractivity contribution >= 4 is 27.6 Å². The number of rotatable bonds is 2. The smallest absolute Gasteiger partial charge is 0.317 e. The predicted molar refractivity (Wildman–Crippen MR) is 97.8 cm³/mol. The summed E-state index contributed by atoms with van der Waals surface area (Å²) >= 11 is 3.49. The highest BCUT2D eigenvalue weighted by Gasteiger charge is 2.30. The summed E-state index contributed by atoms with van der Waals surface area (Å²) in [5.41, 5.74) is 4.45. The summed E-state index contributed by atoms with van der Waals surface area (Å²) in [6.45, 7) is 4.94. The average molecular weight is 373 g/mol. The van der Waals surface area contributed by atoms with E-state index < -0.39 is 0 Å². The van der Waals surface area contributed by atoms with E-state index in [4.69, 9.17) is 0 Å². The molecule has 2 aromatic carbocycles. The Morgan fingerprint density at radius 2 is 1.96 bits per heavy atom. The number of nitrogens with one attached hydrogen (secondary N) is 1. The molecule has 0 aromatic heterocycles. The standard InChI is InChI=1S/C19H21BrN2O/c1-13-6-3-4-7-16(13)18-8-5-11-22(18)19(23)21-15-9-10-17(20)14(2)12-15/h3-4,6-7,9-10,12,18H,5,8,11H2,1-2H3,(H,21,23). The van der Waals surface area contributed by atoms with Gasteiger partial charge in [0.1, 0.15) is 0 Å². The van der Waals surface area contributed by atoms with Crippen LogP contribution in [0.2, 0.25) is 0 Å². The molecule has 0 saturated carbocycles. The summed E-state index contributed by atoms with van der Waals surface area (Å²) in [7, 11) is 0. The van der Waals surface area contributed by atoms with E-state index in [9.17, 15) is 4.79 Å². The Balaban J connectivity index is 1.78. The molecule has 23 heavy (non-hydrogen) atoms. The number of aryl methyl sites for hydroxylation is 2. The van der Waals surface area contributed by atoms with Gasteiger partial charge in [0, 0.05) is 16.7 Å². The number of hydrogen-bond acceptors (Lipinski definition) is 1. The molecule has 1 aliphatic heterocycles. The van der Waals surface area contributed by atoms with Crippen LogP contribution in [0.15, 0.2) is 46.9 Å². The van der Waals surface area contributed by atoms with Crippen molar-refractivity contribution in [3.63, 3.8) is 0 Å². The van der Waals surface area contributed by atoms with Crippen molar-refractivity contribution in [2.75, 3.05) is 11.9 Å². The molecule has 120 valence electrons. The lowest BCUT2D eigenvalue weighted by molar-refractivity contribution is 0.207. The molecule has 0 radical (unpaired) electrons. The zero-order valence-electron chi connectivity index (χ0n) is 13.5. The number of carbonyl (C=O) groups excluding carboxylic acids is 1. The number of amides is 2. The maximum atomic E-state index is 12.7. The third-order valence-corrected chi connectivity index (χ3v) is 5.36. The van der Waals surface area contributed by atoms with Gasteiger partial charge >= 0.3 is 6.03 Å². The number of hydrogen-bond donors (Lipinski definition) is 1. The predicted octanol–water partition coefficient (Wildman–Crippen LogP) is 5.43. The topological polar surface area (TPSA) is 32.3 Å². The van der Waals surface area contributed by atoms with Crippen molar-refractivity contribution in [2.45, 2.75) is 32.7 Å². The lowest BCUT2D eigenvalue weighted by Gasteiger charge is -2.26. The minimum Gasteiger partial charge on any atom is -0.317 e. The van der Waals surface area contributed by atoms with Gasteiger partial charge in [0.15, 0.2) is 0 Å². The first-order valence-corrected chi connectivity index (χ1v) is 8.75. The summed E-state index contributed by atoms with van der Waals surface area (Å²) in [6.07, 6.45) is 2.07. The van der Waals surface area contributed by atoms with Gasteiger partial charge in [-0.1, -0.05) is 40.2 Å². The van der Waals surface area contributed by atoms with Gasteiger partial charge in [-0.2, -0.15) is 0 Å². The molecule has 2 aromatic rings. The fraction of sp³-hybridized carbons (Fsp3) is 0.316. The zero-order chi connectivity index (χ0) is 16.4. The Labute approximate surface area is 145 Å². The van der Waals surface area contributed by atoms with Gasteiger partial charge in [0.2, 0.25) is 0 Å². The first kappa shape index (κ1) is 16.1. The van der Waals surface area contributed by atoms with Gasteiger partial charge in [0.05, 0.1) is 6.04 Å². The Hall–Kier alpha value is -1.81. The molecule has 1 unspecified atom stereocenters. The third-order valence-electron chi connectivity index (χ3n) is 4.47. The van der Waals surface area contributed by atoms with E-state index in [-0.39, 0.29) is 12.1 Å². The fourth-order valence-electron chi connectivity index (χ4n) is 3.21. The summed E-state index contributed by atoms with van der Waals surface area (Å²) in [5, 5.41) is 3.04. The molecule has 1 saturated heterocycles. The Kier molecular flexibility index (Phi) is 4.71. The van der Waals surface area contributed by atoms with E-state index in [2.05, 4.69) is 46.4 Å². The molecule has 1 heterocycles. The Bertz CT molecular complexity index is 729. The molecule has 3 rings (SSSR count). The number of likely N-dealkylation sites (tertiary alicyclic amines) is 1. The molecule has 0 bridgehead atoms. The highest BCUT2D eigenvalue weighted by atomic mass is 79.9. The first-order chi connectivity index (χ1) is 11.1. The Morgan fingerprint density at radius 3 is 2.70 bits per heavy atom. The van der Waals surface area contributed by atoms with Crippen LogP contribution in [0.25, 0.3) is 0 Å². The van der Waals surface area contributed by atoms with Gasteiger partial charge in [-0.15, -0.1) is 0 Å². The van der Waals surface area contributed by atoms with E-state index >= 15 is 0 Å². The van der Waals surface area contributed by atoms with Crippen LogP contribution in [0.4, 0.5) is 10.5 Å². The molecule has 3 nitrogen and oxygen atoms in total. The van der Waals surface area contributed by atoms with Crippen LogP contribution < -0.4 is 5.32 Å². The quantitative estimate of drug-likeness (QED) is 0.748. The van der Waals surface area contributed by atoms with Crippen molar-refractivity contribution in [1.29, 1.82) is 0 Å². The van der Waals surface area contributed by atoms with Crippen LogP contribution in [0.5, 0.6) is 0 Å². The molecule has 4 heteroatoms. The van der Waals surface area contributed by atoms with Crippen molar-refractivity contribution in [3.8, 4) is 0 Å². The molecule has 1 N–H and O–H groups in total. The van der Waals surface area contributed by atoms with E-state index in [1.54, 1.807) is 0 Å². The third kappa shape index (κ3) is 3.42. The van der Waals surface area contributed by atoms with Gasteiger partial charge in [-0.3, -0.25) is 0 Å². The highest BCUT2D eigenvalue weighted by Crippen LogP contribution is 2.34. The van der Waals surface area contributed by atoms with Crippen LogP contribution in [0, 0.1) is 13.8 Å². The average Bonchev–Trinajstić information content (AvgIpc) is 3.01. The highest BCUT2D eigenvalue weighted by molar-refractivity contribution is 9.10. The second kappa shape index (κ2) is 6.75. The largest absolute Gasteiger partial charge is 0.322 e. The molecular formula is C19H21BrN2O. The van der Waals surface area contributed by atoms with Crippen molar-refractivity contribution in [2.24, 2.45) is 0 Å². The van der Waals surface area contributed by atoms with Crippen molar-refractivity contribution in [3.05, 3.63) is 63.6 Å². The first-order valence-electron chi connectivity index (χ1n) is 7.95. The van der Waals surface area contributed by atoms with E-state index in [0.29, 0.717) is 0 Å². The van der Waals surface area contributed by atoms with Gasteiger partial charge in [0.25, 0.3) is 0 Å². The lowest BCUT2D eigenvalue weighted by Crippen LogP contribution is -2.34. The number of halogens is 1. The van der Waals surface area contributed by atoms with Crippen LogP contribution in [0.1, 0.15) is 35.6 Å². The second-order valence-corrected chi connectivity index (χ2v) is 6.96. The molecule has 1 aliphatic rings. The second-order valence-electron chi connectivity index (χ2n) is 6.10. The summed E-state index contributed by atoms with van der Waals surface area (Å²) in [6, 6.07) is 14.4. The van der Waals surface area contributed by atoms with Crippen molar-refractivity contribution in [1.82, 2.24) is 4.90 Å². The van der Waals surface area contributed by atoms with Crippen LogP contribution in [-0.2, 0) is 0 Å². The van der Waals surface area contributed by atoms with Crippen LogP contribution in [-0.4, -0.2) is 17.5 Å². The minimum atomic E-state index is -0.0162. The number of anilines is 1. The molecule has 1 fully saturated rings. The van der Waals surface area contributed by atoms with Gasteiger partial charge < -0.3 is 10.2 Å². The van der Waals surface area contributed by atoms with Gasteiger partial charge in [-0.25, -0.2) is 4.79 Å². The van der Waals surface area contributed by atoms with E-state index in [1.807, 2.05) is 36.1 Å². The summed E-state index contributed by atoms with van der Waals surface area (Å²) in [5.74, 6) is 0. The normalized spacial score (nSPS) is 17.3. The van der Waals surface area contributed by atoms with Crippen LogP contribution in [0.3, 0.4) is 0 Å². The molecular weight excluding hydrogens is 352 g/mol. The zero-order valence-corrected chi connectivity index (χ0v) is 15.1. The maximum Gasteiger partial charge on any atom is 0.322 e. The number of benzene rings is 2. The number of nitrogens with zero attached hydrogens (tertiary/aromatic N) is 1. The monoisotopic (exact) mass is 372 g/mol. The SMILES string of the molecule is Cc1cc(NC(=O)N2CCCC2c2ccccc2C)ccc1Br. The summed E-state index contributed by atoms with van der Waals surface area (Å²) in [4.78, 5) is 14.7. The molecule has 1 atom stereocenters. The van der Waals surface area contributed by atoms with Crippen LogP contribution >= 0.6 is 15.9 Å². The molecule has 0 aliphatic carbocycles. The number of urea groups is 1. The number of carbonyl (C=O) groups is 1. The Morgan fingerprint density at radius 1 is 1.17 bits per heavy atom. The lowest BCUT2D eigenvalue weighted by atomic mass is 9.99. The minimum absolute atomic E-state index is 0.0162. The molecule has 0 spiro atoms. The van der Waals surface area contributed by atoms with E-state index in [1.165, 1.54) is 11.1 Å².